The molecule has 2 rings (SSSR count). The summed E-state index contributed by atoms with van der Waals surface area (Å²) in [7, 11) is 0. The molecule has 0 atom stereocenters. The topological polar surface area (TPSA) is 80.4 Å². The first-order valence-corrected chi connectivity index (χ1v) is 6.24. The third-order valence-corrected chi connectivity index (χ3v) is 3.53. The van der Waals surface area contributed by atoms with Crippen LogP contribution in [0.3, 0.4) is 0 Å². The number of nitrogens with zero attached hydrogens (tertiary/aromatic N) is 1. The van der Waals surface area contributed by atoms with Crippen LogP contribution in [0.5, 0.6) is 0 Å². The lowest BCUT2D eigenvalue weighted by atomic mass is 10.2. The number of benzene rings is 2. The second-order valence-corrected chi connectivity index (χ2v) is 4.91. The molecule has 0 unspecified atom stereocenters. The quantitative estimate of drug-likeness (QED) is 0.688. The third-order valence-electron chi connectivity index (χ3n) is 2.45. The van der Waals surface area contributed by atoms with Crippen LogP contribution in [0.15, 0.2) is 52.3 Å². The number of carboxylic acids is 1. The van der Waals surface area contributed by atoms with Gasteiger partial charge in [-0.2, -0.15) is 0 Å². The first-order chi connectivity index (χ1) is 9.47. The number of nitro benzene ring substituents is 1. The molecule has 0 bridgehead atoms. The number of halogens is 1. The molecule has 20 heavy (non-hydrogen) atoms. The smallest absolute Gasteiger partial charge is 0.337 e. The molecule has 0 aliphatic rings. The number of non-ortho nitro benzene ring substituents is 1. The number of aromatic carboxylic acids is 1. The van der Waals surface area contributed by atoms with E-state index < -0.39 is 16.7 Å². The van der Waals surface area contributed by atoms with Gasteiger partial charge in [-0.25, -0.2) is 9.18 Å². The Labute approximate surface area is 117 Å². The van der Waals surface area contributed by atoms with Crippen molar-refractivity contribution in [1.82, 2.24) is 0 Å². The monoisotopic (exact) mass is 293 g/mol. The average molecular weight is 293 g/mol. The van der Waals surface area contributed by atoms with Crippen molar-refractivity contribution in [1.29, 1.82) is 0 Å². The number of carbonyl (C=O) groups is 1. The second kappa shape index (κ2) is 5.70. The van der Waals surface area contributed by atoms with Gasteiger partial charge < -0.3 is 5.11 Å². The van der Waals surface area contributed by atoms with Crippen LogP contribution >= 0.6 is 11.8 Å². The lowest BCUT2D eigenvalue weighted by molar-refractivity contribution is -0.384. The molecule has 7 heteroatoms. The summed E-state index contributed by atoms with van der Waals surface area (Å²) in [5.74, 6) is -1.64. The van der Waals surface area contributed by atoms with E-state index in [-0.39, 0.29) is 11.3 Å². The van der Waals surface area contributed by atoms with Crippen LogP contribution in [0, 0.1) is 15.9 Å². The van der Waals surface area contributed by atoms with Crippen LogP contribution in [0.1, 0.15) is 10.4 Å². The zero-order valence-corrected chi connectivity index (χ0v) is 10.8. The molecule has 0 spiro atoms. The van der Waals surface area contributed by atoms with Crippen molar-refractivity contribution in [3.63, 3.8) is 0 Å². The molecule has 0 aromatic heterocycles. The highest BCUT2D eigenvalue weighted by Crippen LogP contribution is 2.32. The van der Waals surface area contributed by atoms with E-state index in [9.17, 15) is 19.3 Å². The van der Waals surface area contributed by atoms with Gasteiger partial charge in [0.05, 0.1) is 10.5 Å². The zero-order chi connectivity index (χ0) is 14.7. The predicted molar refractivity (Wildman–Crippen MR) is 70.6 cm³/mol. The van der Waals surface area contributed by atoms with E-state index in [1.54, 1.807) is 0 Å². The summed E-state index contributed by atoms with van der Waals surface area (Å²) in [6.45, 7) is 0. The highest BCUT2D eigenvalue weighted by Gasteiger charge is 2.16. The maximum absolute atomic E-state index is 12.8. The number of carboxylic acid groups (broad SMARTS) is 1. The fraction of sp³-hybridized carbons (Fsp3) is 0. The summed E-state index contributed by atoms with van der Waals surface area (Å²) in [6, 6.07) is 9.14. The normalized spacial score (nSPS) is 10.2. The minimum Gasteiger partial charge on any atom is -0.478 e. The molecule has 1 N–H and O–H groups in total. The Morgan fingerprint density at radius 3 is 2.40 bits per heavy atom. The Morgan fingerprint density at radius 2 is 1.85 bits per heavy atom. The maximum atomic E-state index is 12.8. The fourth-order valence-corrected chi connectivity index (χ4v) is 2.44. The summed E-state index contributed by atoms with van der Waals surface area (Å²) < 4.78 is 12.8. The maximum Gasteiger partial charge on any atom is 0.337 e. The lowest BCUT2D eigenvalue weighted by Crippen LogP contribution is -2.00. The van der Waals surface area contributed by atoms with E-state index in [1.807, 2.05) is 0 Å². The average Bonchev–Trinajstić information content (AvgIpc) is 2.41. The molecule has 0 amide bonds. The van der Waals surface area contributed by atoms with E-state index in [4.69, 9.17) is 5.11 Å². The van der Waals surface area contributed by atoms with Gasteiger partial charge in [-0.15, -0.1) is 0 Å². The largest absolute Gasteiger partial charge is 0.478 e. The molecule has 0 saturated carbocycles. The van der Waals surface area contributed by atoms with Crippen molar-refractivity contribution in [2.75, 3.05) is 0 Å². The molecular weight excluding hydrogens is 285 g/mol. The Bertz CT molecular complexity index is 673. The van der Waals surface area contributed by atoms with Crippen LogP contribution in [0.2, 0.25) is 0 Å². The number of hydrogen-bond donors (Lipinski definition) is 1. The first kappa shape index (κ1) is 14.0. The van der Waals surface area contributed by atoms with Gasteiger partial charge in [-0.3, -0.25) is 10.1 Å². The summed E-state index contributed by atoms with van der Waals surface area (Å²) in [6.07, 6.45) is 0. The van der Waals surface area contributed by atoms with Crippen molar-refractivity contribution in [3.05, 3.63) is 64.0 Å². The van der Waals surface area contributed by atoms with Gasteiger partial charge >= 0.3 is 5.97 Å². The molecule has 0 aliphatic heterocycles. The summed E-state index contributed by atoms with van der Waals surface area (Å²) in [4.78, 5) is 22.1. The SMILES string of the molecule is O=C(O)c1cc([N+](=O)[O-])ccc1Sc1ccc(F)cc1. The van der Waals surface area contributed by atoms with E-state index in [1.165, 1.54) is 36.4 Å². The zero-order valence-electron chi connectivity index (χ0n) is 9.95. The molecule has 2 aromatic rings. The molecule has 2 aromatic carbocycles. The fourth-order valence-electron chi connectivity index (χ4n) is 1.52. The Balaban J connectivity index is 2.38. The summed E-state index contributed by atoms with van der Waals surface area (Å²) >= 11 is 1.10. The second-order valence-electron chi connectivity index (χ2n) is 3.80. The molecular formula is C13H8FNO4S. The van der Waals surface area contributed by atoms with E-state index in [2.05, 4.69) is 0 Å². The van der Waals surface area contributed by atoms with Crippen LogP contribution in [0.4, 0.5) is 10.1 Å². The summed E-state index contributed by atoms with van der Waals surface area (Å²) in [5, 5.41) is 19.7. The van der Waals surface area contributed by atoms with Crippen molar-refractivity contribution < 1.29 is 19.2 Å². The Kier molecular flexibility index (Phi) is 3.99. The standard InChI is InChI=1S/C13H8FNO4S/c14-8-1-4-10(5-2-8)20-12-6-3-9(15(18)19)7-11(12)13(16)17/h1-7H,(H,16,17). The Hall–Kier alpha value is -2.41. The van der Waals surface area contributed by atoms with E-state index in [0.717, 1.165) is 17.8 Å². The molecule has 5 nitrogen and oxygen atoms in total. The van der Waals surface area contributed by atoms with Gasteiger partial charge in [0.2, 0.25) is 0 Å². The molecule has 0 saturated heterocycles. The van der Waals surface area contributed by atoms with E-state index >= 15 is 0 Å². The van der Waals surface area contributed by atoms with Gasteiger partial charge in [-0.1, -0.05) is 11.8 Å². The van der Waals surface area contributed by atoms with Gasteiger partial charge in [0.1, 0.15) is 5.82 Å². The van der Waals surface area contributed by atoms with Crippen molar-refractivity contribution >= 4 is 23.4 Å². The van der Waals surface area contributed by atoms with Crippen molar-refractivity contribution in [3.8, 4) is 0 Å². The minimum absolute atomic E-state index is 0.159. The molecule has 102 valence electrons. The third kappa shape index (κ3) is 3.12. The van der Waals surface area contributed by atoms with Gasteiger partial charge in [0.25, 0.3) is 5.69 Å². The number of hydrogen-bond acceptors (Lipinski definition) is 4. The van der Waals surface area contributed by atoms with Crippen LogP contribution in [-0.2, 0) is 0 Å². The van der Waals surface area contributed by atoms with Crippen LogP contribution in [-0.4, -0.2) is 16.0 Å². The molecule has 0 aliphatic carbocycles. The van der Waals surface area contributed by atoms with Crippen molar-refractivity contribution in [2.45, 2.75) is 9.79 Å². The molecule has 0 radical (unpaired) electrons. The van der Waals surface area contributed by atoms with Gasteiger partial charge in [-0.05, 0) is 30.3 Å². The minimum atomic E-state index is -1.25. The van der Waals surface area contributed by atoms with Crippen LogP contribution < -0.4 is 0 Å². The van der Waals surface area contributed by atoms with Crippen LogP contribution in [0.25, 0.3) is 0 Å². The predicted octanol–water partition coefficient (Wildman–Crippen LogP) is 3.58. The van der Waals surface area contributed by atoms with Crippen molar-refractivity contribution in [2.24, 2.45) is 0 Å². The number of nitro groups is 1. The van der Waals surface area contributed by atoms with Gasteiger partial charge in [0.15, 0.2) is 0 Å². The summed E-state index contributed by atoms with van der Waals surface area (Å²) in [5.41, 5.74) is -0.445. The molecule has 0 heterocycles. The Morgan fingerprint density at radius 1 is 1.20 bits per heavy atom. The van der Waals surface area contributed by atoms with E-state index in [0.29, 0.717) is 9.79 Å². The number of rotatable bonds is 4. The lowest BCUT2D eigenvalue weighted by Gasteiger charge is -2.05. The molecule has 0 fully saturated rings. The van der Waals surface area contributed by atoms with Gasteiger partial charge in [0, 0.05) is 21.9 Å². The highest BCUT2D eigenvalue weighted by molar-refractivity contribution is 7.99. The highest BCUT2D eigenvalue weighted by atomic mass is 32.2. The first-order valence-electron chi connectivity index (χ1n) is 5.42.